The molecule has 0 aliphatic rings. The molecule has 0 amide bonds. The Kier molecular flexibility index (Phi) is 6.57. The maximum absolute atomic E-state index is 12.5. The van der Waals surface area contributed by atoms with Gasteiger partial charge in [-0.15, -0.1) is 11.8 Å². The molecule has 0 saturated carbocycles. The van der Waals surface area contributed by atoms with Gasteiger partial charge in [0.05, 0.1) is 12.7 Å². The molecule has 0 heterocycles. The lowest BCUT2D eigenvalue weighted by Gasteiger charge is -2.15. The summed E-state index contributed by atoms with van der Waals surface area (Å²) in [5.74, 6) is 1.60. The molecule has 1 atom stereocenters. The molecule has 0 bridgehead atoms. The van der Waals surface area contributed by atoms with Gasteiger partial charge in [-0.3, -0.25) is 0 Å². The molecule has 0 aliphatic carbocycles. The van der Waals surface area contributed by atoms with Crippen molar-refractivity contribution in [2.75, 3.05) is 19.4 Å². The summed E-state index contributed by atoms with van der Waals surface area (Å²) in [4.78, 5) is 0.832. The molecule has 2 rings (SSSR count). The number of rotatable bonds is 7. The highest BCUT2D eigenvalue weighted by atomic mass is 32.2. The summed E-state index contributed by atoms with van der Waals surface area (Å²) in [6.45, 7) is 2.82. The van der Waals surface area contributed by atoms with Crippen LogP contribution in [0.4, 0.5) is 13.2 Å². The standard InChI is InChI=1S/C18H20F3NOS/c1-13(14-4-3-5-16(12-14)23-2)22-10-11-24-17-8-6-15(7-9-17)18(19,20)21/h3-9,12-13,22H,10-11H2,1-2H3. The molecule has 0 saturated heterocycles. The van der Waals surface area contributed by atoms with Crippen molar-refractivity contribution < 1.29 is 17.9 Å². The third-order valence-corrected chi connectivity index (χ3v) is 4.61. The number of methoxy groups -OCH3 is 1. The molecule has 24 heavy (non-hydrogen) atoms. The van der Waals surface area contributed by atoms with Crippen molar-refractivity contribution in [2.24, 2.45) is 0 Å². The fourth-order valence-corrected chi connectivity index (χ4v) is 3.00. The van der Waals surface area contributed by atoms with E-state index < -0.39 is 11.7 Å². The fraction of sp³-hybridized carbons (Fsp3) is 0.333. The quantitative estimate of drug-likeness (QED) is 0.548. The van der Waals surface area contributed by atoms with E-state index in [-0.39, 0.29) is 6.04 Å². The second-order valence-electron chi connectivity index (χ2n) is 5.32. The Morgan fingerprint density at radius 2 is 1.83 bits per heavy atom. The van der Waals surface area contributed by atoms with E-state index in [0.717, 1.165) is 40.6 Å². The van der Waals surface area contributed by atoms with Crippen molar-refractivity contribution in [3.63, 3.8) is 0 Å². The lowest BCUT2D eigenvalue weighted by atomic mass is 10.1. The van der Waals surface area contributed by atoms with Gasteiger partial charge in [0.15, 0.2) is 0 Å². The molecule has 0 spiro atoms. The van der Waals surface area contributed by atoms with Crippen molar-refractivity contribution in [3.05, 3.63) is 59.7 Å². The molecule has 130 valence electrons. The molecule has 2 aromatic carbocycles. The van der Waals surface area contributed by atoms with E-state index >= 15 is 0 Å². The molecule has 0 aromatic heterocycles. The van der Waals surface area contributed by atoms with Gasteiger partial charge in [0, 0.05) is 23.2 Å². The topological polar surface area (TPSA) is 21.3 Å². The van der Waals surface area contributed by atoms with Crippen LogP contribution in [-0.4, -0.2) is 19.4 Å². The van der Waals surface area contributed by atoms with Crippen molar-refractivity contribution in [1.29, 1.82) is 0 Å². The summed E-state index contributed by atoms with van der Waals surface area (Å²) >= 11 is 1.53. The highest BCUT2D eigenvalue weighted by molar-refractivity contribution is 7.99. The minimum Gasteiger partial charge on any atom is -0.497 e. The van der Waals surface area contributed by atoms with Gasteiger partial charge in [-0.25, -0.2) is 0 Å². The summed E-state index contributed by atoms with van der Waals surface area (Å²) in [5.41, 5.74) is 0.519. The molecular weight excluding hydrogens is 335 g/mol. The third-order valence-electron chi connectivity index (χ3n) is 3.60. The van der Waals surface area contributed by atoms with Crippen LogP contribution in [0.25, 0.3) is 0 Å². The molecule has 1 N–H and O–H groups in total. The second-order valence-corrected chi connectivity index (χ2v) is 6.49. The van der Waals surface area contributed by atoms with E-state index in [1.807, 2.05) is 24.3 Å². The number of ether oxygens (including phenoxy) is 1. The Hall–Kier alpha value is -1.66. The Bertz CT molecular complexity index is 643. The predicted octanol–water partition coefficient (Wildman–Crippen LogP) is 5.16. The summed E-state index contributed by atoms with van der Waals surface area (Å²) in [6.07, 6.45) is -4.28. The first-order valence-electron chi connectivity index (χ1n) is 7.57. The number of halogens is 3. The minimum absolute atomic E-state index is 0.174. The van der Waals surface area contributed by atoms with Gasteiger partial charge >= 0.3 is 6.18 Å². The van der Waals surface area contributed by atoms with Gasteiger partial charge in [-0.1, -0.05) is 12.1 Å². The largest absolute Gasteiger partial charge is 0.497 e. The van der Waals surface area contributed by atoms with Gasteiger partial charge in [0.2, 0.25) is 0 Å². The summed E-state index contributed by atoms with van der Waals surface area (Å²) in [7, 11) is 1.64. The van der Waals surface area contributed by atoms with Crippen LogP contribution in [0.15, 0.2) is 53.4 Å². The minimum atomic E-state index is -4.28. The normalized spacial score (nSPS) is 12.9. The predicted molar refractivity (Wildman–Crippen MR) is 91.6 cm³/mol. The van der Waals surface area contributed by atoms with E-state index in [1.54, 1.807) is 7.11 Å². The number of benzene rings is 2. The molecular formula is C18H20F3NOS. The molecule has 2 nitrogen and oxygen atoms in total. The summed E-state index contributed by atoms with van der Waals surface area (Å²) < 4.78 is 42.7. The Balaban J connectivity index is 1.78. The maximum atomic E-state index is 12.5. The average Bonchev–Trinajstić information content (AvgIpc) is 2.58. The molecule has 0 fully saturated rings. The lowest BCUT2D eigenvalue weighted by molar-refractivity contribution is -0.137. The maximum Gasteiger partial charge on any atom is 0.416 e. The second kappa shape index (κ2) is 8.44. The van der Waals surface area contributed by atoms with Gasteiger partial charge in [0.25, 0.3) is 0 Å². The van der Waals surface area contributed by atoms with Crippen molar-refractivity contribution >= 4 is 11.8 Å². The zero-order valence-electron chi connectivity index (χ0n) is 13.6. The zero-order chi connectivity index (χ0) is 17.6. The first-order valence-corrected chi connectivity index (χ1v) is 8.56. The van der Waals surface area contributed by atoms with Crippen LogP contribution < -0.4 is 10.1 Å². The van der Waals surface area contributed by atoms with Crippen LogP contribution >= 0.6 is 11.8 Å². The van der Waals surface area contributed by atoms with Crippen LogP contribution in [-0.2, 0) is 6.18 Å². The number of thioether (sulfide) groups is 1. The van der Waals surface area contributed by atoms with E-state index in [2.05, 4.69) is 12.2 Å². The summed E-state index contributed by atoms with van der Waals surface area (Å²) in [6, 6.07) is 13.3. The molecule has 0 radical (unpaired) electrons. The van der Waals surface area contributed by atoms with Crippen molar-refractivity contribution in [3.8, 4) is 5.75 Å². The molecule has 1 unspecified atom stereocenters. The highest BCUT2D eigenvalue weighted by Crippen LogP contribution is 2.30. The zero-order valence-corrected chi connectivity index (χ0v) is 14.4. The van der Waals surface area contributed by atoms with Gasteiger partial charge < -0.3 is 10.1 Å². The molecule has 2 aromatic rings. The average molecular weight is 355 g/mol. The first kappa shape index (κ1) is 18.7. The van der Waals surface area contributed by atoms with Crippen LogP contribution in [0.3, 0.4) is 0 Å². The van der Waals surface area contributed by atoms with Crippen LogP contribution in [0.2, 0.25) is 0 Å². The van der Waals surface area contributed by atoms with Gasteiger partial charge in [0.1, 0.15) is 5.75 Å². The van der Waals surface area contributed by atoms with E-state index in [0.29, 0.717) is 0 Å². The Labute approximate surface area is 144 Å². The number of hydrogen-bond donors (Lipinski definition) is 1. The Morgan fingerprint density at radius 1 is 1.12 bits per heavy atom. The highest BCUT2D eigenvalue weighted by Gasteiger charge is 2.29. The van der Waals surface area contributed by atoms with Crippen molar-refractivity contribution in [2.45, 2.75) is 24.0 Å². The number of nitrogens with one attached hydrogen (secondary N) is 1. The monoisotopic (exact) mass is 355 g/mol. The van der Waals surface area contributed by atoms with Crippen molar-refractivity contribution in [1.82, 2.24) is 5.32 Å². The smallest absolute Gasteiger partial charge is 0.416 e. The van der Waals surface area contributed by atoms with E-state index in [9.17, 15) is 13.2 Å². The molecule has 6 heteroatoms. The Morgan fingerprint density at radius 3 is 2.46 bits per heavy atom. The molecule has 0 aliphatic heterocycles. The fourth-order valence-electron chi connectivity index (χ4n) is 2.21. The van der Waals surface area contributed by atoms with Crippen LogP contribution in [0.1, 0.15) is 24.1 Å². The lowest BCUT2D eigenvalue weighted by Crippen LogP contribution is -2.21. The van der Waals surface area contributed by atoms with Crippen LogP contribution in [0.5, 0.6) is 5.75 Å². The summed E-state index contributed by atoms with van der Waals surface area (Å²) in [5, 5.41) is 3.40. The third kappa shape index (κ3) is 5.46. The van der Waals surface area contributed by atoms with E-state index in [1.165, 1.54) is 23.9 Å². The first-order chi connectivity index (χ1) is 11.4. The van der Waals surface area contributed by atoms with Gasteiger partial charge in [-0.05, 0) is 48.9 Å². The number of hydrogen-bond acceptors (Lipinski definition) is 3. The van der Waals surface area contributed by atoms with Crippen LogP contribution in [0, 0.1) is 0 Å². The van der Waals surface area contributed by atoms with Gasteiger partial charge in [-0.2, -0.15) is 13.2 Å². The van der Waals surface area contributed by atoms with E-state index in [4.69, 9.17) is 4.74 Å². The number of alkyl halides is 3. The SMILES string of the molecule is COc1cccc(C(C)NCCSc2ccc(C(F)(F)F)cc2)c1.